The van der Waals surface area contributed by atoms with Crippen molar-refractivity contribution in [3.8, 4) is 0 Å². The van der Waals surface area contributed by atoms with Crippen molar-refractivity contribution in [2.24, 2.45) is 10.1 Å². The molecular formula is C18H27IN4O2S2. The maximum atomic E-state index is 11.3. The average molecular weight is 522 g/mol. The van der Waals surface area contributed by atoms with Crippen LogP contribution in [0.1, 0.15) is 31.2 Å². The highest BCUT2D eigenvalue weighted by atomic mass is 127. The Labute approximate surface area is 182 Å². The first-order valence-electron chi connectivity index (χ1n) is 8.40. The molecule has 150 valence electrons. The lowest BCUT2D eigenvalue weighted by Crippen LogP contribution is -2.43. The molecular weight excluding hydrogens is 495 g/mol. The van der Waals surface area contributed by atoms with Gasteiger partial charge in [0, 0.05) is 23.4 Å². The van der Waals surface area contributed by atoms with E-state index in [0.717, 1.165) is 24.6 Å². The Bertz CT molecular complexity index is 833. The van der Waals surface area contributed by atoms with Crippen LogP contribution in [0.15, 0.2) is 51.7 Å². The van der Waals surface area contributed by atoms with Crippen LogP contribution in [-0.2, 0) is 22.0 Å². The molecule has 27 heavy (non-hydrogen) atoms. The molecule has 0 unspecified atom stereocenters. The molecule has 2 rings (SSSR count). The molecule has 1 aromatic carbocycles. The highest BCUT2D eigenvalue weighted by Crippen LogP contribution is 2.26. The van der Waals surface area contributed by atoms with Gasteiger partial charge in [-0.25, -0.2) is 18.5 Å². The molecule has 0 spiro atoms. The Kier molecular flexibility index (Phi) is 9.19. The van der Waals surface area contributed by atoms with Crippen molar-refractivity contribution in [1.29, 1.82) is 0 Å². The molecule has 1 heterocycles. The molecule has 0 saturated heterocycles. The number of guanidine groups is 1. The average Bonchev–Trinajstić information content (AvgIpc) is 3.12. The monoisotopic (exact) mass is 522 g/mol. The van der Waals surface area contributed by atoms with Gasteiger partial charge in [-0.15, -0.1) is 35.3 Å². The third-order valence-electron chi connectivity index (χ3n) is 3.90. The van der Waals surface area contributed by atoms with Gasteiger partial charge >= 0.3 is 0 Å². The summed E-state index contributed by atoms with van der Waals surface area (Å²) >= 11 is 1.75. The summed E-state index contributed by atoms with van der Waals surface area (Å²) in [6.45, 7) is 8.37. The van der Waals surface area contributed by atoms with Gasteiger partial charge < -0.3 is 10.6 Å². The number of thiophene rings is 1. The number of rotatable bonds is 7. The van der Waals surface area contributed by atoms with Crippen LogP contribution in [0.25, 0.3) is 0 Å². The van der Waals surface area contributed by atoms with Gasteiger partial charge in [0.15, 0.2) is 5.96 Å². The van der Waals surface area contributed by atoms with Crippen molar-refractivity contribution >= 4 is 51.3 Å². The third-order valence-corrected chi connectivity index (χ3v) is 6.07. The molecule has 9 heteroatoms. The molecule has 0 aliphatic heterocycles. The Morgan fingerprint density at radius 1 is 1.19 bits per heavy atom. The van der Waals surface area contributed by atoms with Gasteiger partial charge in [-0.1, -0.05) is 32.0 Å². The van der Waals surface area contributed by atoms with Crippen molar-refractivity contribution in [3.63, 3.8) is 0 Å². The summed E-state index contributed by atoms with van der Waals surface area (Å²) in [5, 5.41) is 13.8. The second-order valence-electron chi connectivity index (χ2n) is 6.60. The van der Waals surface area contributed by atoms with E-state index in [1.807, 2.05) is 6.92 Å². The summed E-state index contributed by atoms with van der Waals surface area (Å²) in [7, 11) is -3.67. The van der Waals surface area contributed by atoms with E-state index in [1.54, 1.807) is 23.5 Å². The van der Waals surface area contributed by atoms with E-state index in [4.69, 9.17) is 5.14 Å². The second kappa shape index (κ2) is 10.4. The van der Waals surface area contributed by atoms with Crippen LogP contribution in [0, 0.1) is 0 Å². The van der Waals surface area contributed by atoms with Crippen LogP contribution >= 0.6 is 35.3 Å². The number of benzene rings is 1. The van der Waals surface area contributed by atoms with E-state index in [2.05, 4.69) is 47.0 Å². The maximum Gasteiger partial charge on any atom is 0.238 e. The van der Waals surface area contributed by atoms with Gasteiger partial charge in [-0.05, 0) is 36.1 Å². The van der Waals surface area contributed by atoms with Crippen molar-refractivity contribution in [1.82, 2.24) is 10.6 Å². The fourth-order valence-corrected chi connectivity index (χ4v) is 3.72. The van der Waals surface area contributed by atoms with Crippen LogP contribution in [0.5, 0.6) is 0 Å². The zero-order valence-corrected chi connectivity index (χ0v) is 19.7. The molecule has 1 aromatic heterocycles. The van der Waals surface area contributed by atoms with Crippen LogP contribution in [0.4, 0.5) is 0 Å². The first-order chi connectivity index (χ1) is 12.2. The Hall–Kier alpha value is -1.17. The number of hydrogen-bond acceptors (Lipinski definition) is 4. The Morgan fingerprint density at radius 3 is 2.37 bits per heavy atom. The number of halogens is 1. The van der Waals surface area contributed by atoms with Gasteiger partial charge in [0.2, 0.25) is 10.0 Å². The zero-order valence-electron chi connectivity index (χ0n) is 15.7. The number of nitrogens with two attached hydrogens (primary N) is 1. The predicted molar refractivity (Wildman–Crippen MR) is 123 cm³/mol. The smallest absolute Gasteiger partial charge is 0.238 e. The van der Waals surface area contributed by atoms with Crippen molar-refractivity contribution in [2.45, 2.75) is 37.6 Å². The topological polar surface area (TPSA) is 96.6 Å². The highest BCUT2D eigenvalue weighted by Gasteiger charge is 2.21. The van der Waals surface area contributed by atoms with Gasteiger partial charge in [-0.2, -0.15) is 0 Å². The van der Waals surface area contributed by atoms with E-state index in [9.17, 15) is 8.42 Å². The molecule has 0 fully saturated rings. The fraction of sp³-hybridized carbons (Fsp3) is 0.389. The molecule has 0 atom stereocenters. The number of nitrogens with one attached hydrogen (secondary N) is 2. The first kappa shape index (κ1) is 23.9. The SMILES string of the molecule is CCNC(=NCc1ccc(S(N)(=O)=O)cc1)NCC(C)(C)c1cccs1.I. The standard InChI is InChI=1S/C18H26N4O2S2.HI/c1-4-20-17(22-13-18(2,3)16-6-5-11-25-16)21-12-14-7-9-15(10-8-14)26(19,23)24;/h5-11H,4,12-13H2,1-3H3,(H2,19,23,24)(H2,20,21,22);1H. The largest absolute Gasteiger partial charge is 0.357 e. The van der Waals surface area contributed by atoms with Gasteiger partial charge in [-0.3, -0.25) is 0 Å². The highest BCUT2D eigenvalue weighted by molar-refractivity contribution is 14.0. The zero-order chi connectivity index (χ0) is 19.2. The van der Waals surface area contributed by atoms with Crippen LogP contribution < -0.4 is 15.8 Å². The molecule has 4 N–H and O–H groups in total. The van der Waals surface area contributed by atoms with Crippen molar-refractivity contribution < 1.29 is 8.42 Å². The number of primary sulfonamides is 1. The van der Waals surface area contributed by atoms with Crippen LogP contribution in [0.2, 0.25) is 0 Å². The first-order valence-corrected chi connectivity index (χ1v) is 10.8. The predicted octanol–water partition coefficient (Wildman–Crippen LogP) is 3.05. The quantitative estimate of drug-likeness (QED) is 0.296. The summed E-state index contributed by atoms with van der Waals surface area (Å²) in [4.78, 5) is 6.00. The number of nitrogens with zero attached hydrogens (tertiary/aromatic N) is 1. The lowest BCUT2D eigenvalue weighted by molar-refractivity contribution is 0.518. The van der Waals surface area contributed by atoms with Crippen LogP contribution in [0.3, 0.4) is 0 Å². The van der Waals surface area contributed by atoms with E-state index >= 15 is 0 Å². The molecule has 0 aliphatic rings. The van der Waals surface area contributed by atoms with Crippen LogP contribution in [-0.4, -0.2) is 27.5 Å². The molecule has 0 aliphatic carbocycles. The molecule has 0 amide bonds. The third kappa shape index (κ3) is 7.40. The van der Waals surface area contributed by atoms with Gasteiger partial charge in [0.25, 0.3) is 0 Å². The summed E-state index contributed by atoms with van der Waals surface area (Å²) in [5.74, 6) is 0.729. The number of hydrogen-bond donors (Lipinski definition) is 3. The molecule has 6 nitrogen and oxygen atoms in total. The van der Waals surface area contributed by atoms with E-state index in [-0.39, 0.29) is 34.3 Å². The summed E-state index contributed by atoms with van der Waals surface area (Å²) < 4.78 is 22.6. The minimum absolute atomic E-state index is 0. The molecule has 2 aromatic rings. The van der Waals surface area contributed by atoms with E-state index in [0.29, 0.717) is 6.54 Å². The van der Waals surface area contributed by atoms with Crippen molar-refractivity contribution in [3.05, 3.63) is 52.2 Å². The normalized spacial score (nSPS) is 12.4. The minimum atomic E-state index is -3.67. The summed E-state index contributed by atoms with van der Waals surface area (Å²) in [6, 6.07) is 10.7. The maximum absolute atomic E-state index is 11.3. The number of aliphatic imine (C=N–C) groups is 1. The van der Waals surface area contributed by atoms with Gasteiger partial charge in [0.05, 0.1) is 11.4 Å². The lowest BCUT2D eigenvalue weighted by Gasteiger charge is -2.25. The number of sulfonamides is 1. The van der Waals surface area contributed by atoms with Gasteiger partial charge in [0.1, 0.15) is 0 Å². The second-order valence-corrected chi connectivity index (χ2v) is 9.11. The molecule has 0 radical (unpaired) electrons. The lowest BCUT2D eigenvalue weighted by atomic mass is 9.91. The Morgan fingerprint density at radius 2 is 1.85 bits per heavy atom. The Balaban J connectivity index is 0.00000364. The molecule has 0 bridgehead atoms. The summed E-state index contributed by atoms with van der Waals surface area (Å²) in [5.41, 5.74) is 0.911. The minimum Gasteiger partial charge on any atom is -0.357 e. The summed E-state index contributed by atoms with van der Waals surface area (Å²) in [6.07, 6.45) is 0. The fourth-order valence-electron chi connectivity index (χ4n) is 2.35. The molecule has 0 saturated carbocycles. The van der Waals surface area contributed by atoms with E-state index in [1.165, 1.54) is 17.0 Å². The van der Waals surface area contributed by atoms with Crippen molar-refractivity contribution in [2.75, 3.05) is 13.1 Å². The van der Waals surface area contributed by atoms with E-state index < -0.39 is 10.0 Å².